The molecule has 5 nitrogen and oxygen atoms in total. The van der Waals surface area contributed by atoms with Crippen LogP contribution in [0.25, 0.3) is 0 Å². The summed E-state index contributed by atoms with van der Waals surface area (Å²) in [5.74, 6) is 0.691. The van der Waals surface area contributed by atoms with E-state index in [1.54, 1.807) is 0 Å². The van der Waals surface area contributed by atoms with Crippen LogP contribution in [-0.2, 0) is 14.2 Å². The molecule has 0 saturated carbocycles. The Morgan fingerprint density at radius 2 is 2.15 bits per heavy atom. The quantitative estimate of drug-likeness (QED) is 0.499. The molecule has 1 aliphatic rings. The van der Waals surface area contributed by atoms with Crippen molar-refractivity contribution < 1.29 is 19.3 Å². The molecular weight excluding hydrogens is 258 g/mol. The minimum atomic E-state index is -0.439. The number of ether oxygens (including phenoxy) is 3. The van der Waals surface area contributed by atoms with E-state index in [0.29, 0.717) is 32.3 Å². The molecule has 2 atom stereocenters. The molecule has 1 rings (SSSR count). The molecule has 0 spiro atoms. The first-order valence-corrected chi connectivity index (χ1v) is 7.95. The highest BCUT2D eigenvalue weighted by Gasteiger charge is 2.14. The van der Waals surface area contributed by atoms with Gasteiger partial charge in [0.15, 0.2) is 0 Å². The second-order valence-corrected chi connectivity index (χ2v) is 5.42. The molecule has 0 aromatic rings. The van der Waals surface area contributed by atoms with E-state index in [1.165, 1.54) is 6.42 Å². The molecule has 0 aliphatic carbocycles. The summed E-state index contributed by atoms with van der Waals surface area (Å²) >= 11 is 0. The molecule has 0 aromatic carbocycles. The maximum atomic E-state index is 9.73. The fourth-order valence-corrected chi connectivity index (χ4v) is 2.13. The Kier molecular flexibility index (Phi) is 11.2. The summed E-state index contributed by atoms with van der Waals surface area (Å²) in [6, 6.07) is 0. The predicted molar refractivity (Wildman–Crippen MR) is 79.0 cm³/mol. The van der Waals surface area contributed by atoms with Gasteiger partial charge in [-0.1, -0.05) is 13.3 Å². The van der Waals surface area contributed by atoms with Crippen molar-refractivity contribution in [2.75, 3.05) is 52.7 Å². The third-order valence-electron chi connectivity index (χ3n) is 3.46. The molecule has 0 bridgehead atoms. The summed E-state index contributed by atoms with van der Waals surface area (Å²) in [5.41, 5.74) is 0. The van der Waals surface area contributed by atoms with Gasteiger partial charge in [-0.3, -0.25) is 0 Å². The average molecular weight is 289 g/mol. The SMILES string of the molecule is CCCCOCCOCC(O)CNCCC1CCOC1. The Morgan fingerprint density at radius 3 is 2.90 bits per heavy atom. The Hall–Kier alpha value is -0.200. The molecule has 1 fully saturated rings. The van der Waals surface area contributed by atoms with Gasteiger partial charge in [-0.2, -0.15) is 0 Å². The monoisotopic (exact) mass is 289 g/mol. The number of rotatable bonds is 13. The van der Waals surface area contributed by atoms with Crippen molar-refractivity contribution >= 4 is 0 Å². The lowest BCUT2D eigenvalue weighted by molar-refractivity contribution is 0.00390. The molecule has 20 heavy (non-hydrogen) atoms. The maximum absolute atomic E-state index is 9.73. The summed E-state index contributed by atoms with van der Waals surface area (Å²) in [4.78, 5) is 0. The topological polar surface area (TPSA) is 60.0 Å². The molecule has 1 heterocycles. The van der Waals surface area contributed by atoms with Gasteiger partial charge in [-0.05, 0) is 31.7 Å². The highest BCUT2D eigenvalue weighted by atomic mass is 16.5. The van der Waals surface area contributed by atoms with Gasteiger partial charge < -0.3 is 24.6 Å². The predicted octanol–water partition coefficient (Wildman–Crippen LogP) is 1.20. The molecule has 2 N–H and O–H groups in total. The Balaban J connectivity index is 1.79. The lowest BCUT2D eigenvalue weighted by Crippen LogP contribution is -2.32. The van der Waals surface area contributed by atoms with Crippen LogP contribution in [0, 0.1) is 5.92 Å². The third kappa shape index (κ3) is 9.66. The second kappa shape index (κ2) is 12.5. The normalized spacial score (nSPS) is 20.4. The van der Waals surface area contributed by atoms with Crippen LogP contribution < -0.4 is 5.32 Å². The van der Waals surface area contributed by atoms with Gasteiger partial charge in [0.05, 0.1) is 25.9 Å². The molecular formula is C15H31NO4. The van der Waals surface area contributed by atoms with Gasteiger partial charge >= 0.3 is 0 Å². The first-order valence-electron chi connectivity index (χ1n) is 7.95. The first kappa shape index (κ1) is 17.9. The van der Waals surface area contributed by atoms with E-state index in [0.717, 1.165) is 45.6 Å². The van der Waals surface area contributed by atoms with Gasteiger partial charge in [0.25, 0.3) is 0 Å². The van der Waals surface area contributed by atoms with E-state index in [2.05, 4.69) is 12.2 Å². The zero-order valence-corrected chi connectivity index (χ0v) is 12.8. The van der Waals surface area contributed by atoms with Gasteiger partial charge in [0.1, 0.15) is 0 Å². The van der Waals surface area contributed by atoms with Crippen LogP contribution >= 0.6 is 0 Å². The molecule has 0 amide bonds. The maximum Gasteiger partial charge on any atom is 0.0897 e. The molecule has 5 heteroatoms. The van der Waals surface area contributed by atoms with Crippen molar-refractivity contribution in [3.8, 4) is 0 Å². The Bertz CT molecular complexity index is 210. The van der Waals surface area contributed by atoms with Crippen LogP contribution in [0.1, 0.15) is 32.6 Å². The summed E-state index contributed by atoms with van der Waals surface area (Å²) in [7, 11) is 0. The number of hydrogen-bond donors (Lipinski definition) is 2. The van der Waals surface area contributed by atoms with Crippen LogP contribution in [-0.4, -0.2) is 63.9 Å². The fraction of sp³-hybridized carbons (Fsp3) is 1.00. The van der Waals surface area contributed by atoms with Crippen LogP contribution in [0.5, 0.6) is 0 Å². The lowest BCUT2D eigenvalue weighted by Gasteiger charge is -2.13. The van der Waals surface area contributed by atoms with Gasteiger partial charge in [0.2, 0.25) is 0 Å². The van der Waals surface area contributed by atoms with Crippen molar-refractivity contribution in [2.24, 2.45) is 5.92 Å². The third-order valence-corrected chi connectivity index (χ3v) is 3.46. The molecule has 2 unspecified atom stereocenters. The number of hydrogen-bond acceptors (Lipinski definition) is 5. The number of aliphatic hydroxyl groups excluding tert-OH is 1. The highest BCUT2D eigenvalue weighted by Crippen LogP contribution is 2.14. The standard InChI is InChI=1S/C15H31NO4/c1-2-3-7-18-9-10-20-13-15(17)11-16-6-4-14-5-8-19-12-14/h14-17H,2-13H2,1H3. The van der Waals surface area contributed by atoms with Gasteiger partial charge in [-0.15, -0.1) is 0 Å². The summed E-state index contributed by atoms with van der Waals surface area (Å²) in [5, 5.41) is 13.0. The van der Waals surface area contributed by atoms with Crippen LogP contribution in [0.3, 0.4) is 0 Å². The second-order valence-electron chi connectivity index (χ2n) is 5.42. The van der Waals surface area contributed by atoms with Gasteiger partial charge in [0, 0.05) is 26.4 Å². The zero-order valence-electron chi connectivity index (χ0n) is 12.8. The lowest BCUT2D eigenvalue weighted by atomic mass is 10.1. The number of aliphatic hydroxyl groups is 1. The average Bonchev–Trinajstić information content (AvgIpc) is 2.96. The highest BCUT2D eigenvalue weighted by molar-refractivity contribution is 4.66. The van der Waals surface area contributed by atoms with Gasteiger partial charge in [-0.25, -0.2) is 0 Å². The van der Waals surface area contributed by atoms with E-state index in [1.807, 2.05) is 0 Å². The van der Waals surface area contributed by atoms with Crippen molar-refractivity contribution in [1.29, 1.82) is 0 Å². The van der Waals surface area contributed by atoms with Crippen LogP contribution in [0.4, 0.5) is 0 Å². The van der Waals surface area contributed by atoms with Crippen molar-refractivity contribution in [2.45, 2.75) is 38.7 Å². The minimum absolute atomic E-state index is 0.372. The Morgan fingerprint density at radius 1 is 1.30 bits per heavy atom. The van der Waals surface area contributed by atoms with E-state index >= 15 is 0 Å². The van der Waals surface area contributed by atoms with Crippen molar-refractivity contribution in [1.82, 2.24) is 5.32 Å². The molecule has 1 saturated heterocycles. The zero-order chi connectivity index (χ0) is 14.5. The van der Waals surface area contributed by atoms with E-state index in [4.69, 9.17) is 14.2 Å². The summed E-state index contributed by atoms with van der Waals surface area (Å²) in [6.07, 6.45) is 4.10. The molecule has 1 aliphatic heterocycles. The molecule has 120 valence electrons. The first-order chi connectivity index (χ1) is 9.83. The number of unbranched alkanes of at least 4 members (excludes halogenated alkanes) is 1. The summed E-state index contributed by atoms with van der Waals surface area (Å²) in [6.45, 7) is 7.80. The van der Waals surface area contributed by atoms with Crippen molar-refractivity contribution in [3.05, 3.63) is 0 Å². The van der Waals surface area contributed by atoms with Crippen LogP contribution in [0.15, 0.2) is 0 Å². The van der Waals surface area contributed by atoms with Crippen LogP contribution in [0.2, 0.25) is 0 Å². The van der Waals surface area contributed by atoms with E-state index < -0.39 is 6.10 Å². The minimum Gasteiger partial charge on any atom is -0.389 e. The molecule has 0 aromatic heterocycles. The largest absolute Gasteiger partial charge is 0.389 e. The fourth-order valence-electron chi connectivity index (χ4n) is 2.13. The van der Waals surface area contributed by atoms with Crippen molar-refractivity contribution in [3.63, 3.8) is 0 Å². The molecule has 0 radical (unpaired) electrons. The summed E-state index contributed by atoms with van der Waals surface area (Å²) < 4.78 is 16.1. The Labute approximate surface area is 123 Å². The smallest absolute Gasteiger partial charge is 0.0897 e. The van der Waals surface area contributed by atoms with E-state index in [9.17, 15) is 5.11 Å². The van der Waals surface area contributed by atoms with E-state index in [-0.39, 0.29) is 0 Å². The number of nitrogens with one attached hydrogen (secondary N) is 1.